The molecule has 0 spiro atoms. The first kappa shape index (κ1) is 12.7. The molecule has 1 nitrogen and oxygen atoms in total. The first-order valence-electron chi connectivity index (χ1n) is 6.30. The second kappa shape index (κ2) is 4.97. The normalized spacial score (nSPS) is 18.8. The molecule has 0 saturated carbocycles. The number of hydrogen-bond donors (Lipinski definition) is 0. The molecular weight excluding hydrogens is 307 g/mol. The zero-order valence-corrected chi connectivity index (χ0v) is 12.2. The van der Waals surface area contributed by atoms with E-state index in [4.69, 9.17) is 4.74 Å². The summed E-state index contributed by atoms with van der Waals surface area (Å²) in [5, 5.41) is 0. The molecule has 2 aromatic carbocycles. The molecular formula is C16H14BrFO. The van der Waals surface area contributed by atoms with Crippen LogP contribution in [0, 0.1) is 12.7 Å². The molecule has 2 atom stereocenters. The molecule has 2 aromatic rings. The number of aryl methyl sites for hydroxylation is 1. The van der Waals surface area contributed by atoms with Crippen LogP contribution >= 0.6 is 15.9 Å². The van der Waals surface area contributed by atoms with Crippen molar-refractivity contribution in [2.45, 2.75) is 24.3 Å². The van der Waals surface area contributed by atoms with Gasteiger partial charge < -0.3 is 4.74 Å². The molecule has 3 heteroatoms. The molecule has 0 saturated heterocycles. The molecule has 1 aliphatic rings. The van der Waals surface area contributed by atoms with Gasteiger partial charge in [0.15, 0.2) is 0 Å². The Hall–Kier alpha value is -1.35. The molecule has 0 fully saturated rings. The maximum Gasteiger partial charge on any atom is 0.126 e. The van der Waals surface area contributed by atoms with Crippen molar-refractivity contribution >= 4 is 15.9 Å². The van der Waals surface area contributed by atoms with Crippen LogP contribution in [0.25, 0.3) is 0 Å². The van der Waals surface area contributed by atoms with Crippen LogP contribution in [-0.4, -0.2) is 6.10 Å². The molecule has 3 rings (SSSR count). The Morgan fingerprint density at radius 2 is 2.05 bits per heavy atom. The zero-order chi connectivity index (χ0) is 13.4. The zero-order valence-electron chi connectivity index (χ0n) is 10.6. The fraction of sp³-hybridized carbons (Fsp3) is 0.250. The van der Waals surface area contributed by atoms with Crippen molar-refractivity contribution in [3.8, 4) is 5.75 Å². The van der Waals surface area contributed by atoms with E-state index in [0.717, 1.165) is 17.7 Å². The number of hydrogen-bond acceptors (Lipinski definition) is 1. The highest BCUT2D eigenvalue weighted by molar-refractivity contribution is 9.09. The van der Waals surface area contributed by atoms with Crippen LogP contribution in [0.4, 0.5) is 4.39 Å². The van der Waals surface area contributed by atoms with Gasteiger partial charge in [-0.05, 0) is 35.7 Å². The summed E-state index contributed by atoms with van der Waals surface area (Å²) in [7, 11) is 0. The molecule has 0 N–H and O–H groups in total. The van der Waals surface area contributed by atoms with Crippen LogP contribution in [0.5, 0.6) is 5.75 Å². The average Bonchev–Trinajstić information content (AvgIpc) is 2.85. The van der Waals surface area contributed by atoms with Gasteiger partial charge in [-0.25, -0.2) is 4.39 Å². The fourth-order valence-electron chi connectivity index (χ4n) is 2.43. The third-order valence-corrected chi connectivity index (χ3v) is 4.62. The van der Waals surface area contributed by atoms with Crippen molar-refractivity contribution in [1.82, 2.24) is 0 Å². The minimum absolute atomic E-state index is 0.0576. The van der Waals surface area contributed by atoms with Gasteiger partial charge in [-0.2, -0.15) is 0 Å². The smallest absolute Gasteiger partial charge is 0.126 e. The summed E-state index contributed by atoms with van der Waals surface area (Å²) in [6, 6.07) is 13.3. The summed E-state index contributed by atoms with van der Waals surface area (Å²) in [4.78, 5) is 0.0687. The number of ether oxygens (including phenoxy) is 1. The summed E-state index contributed by atoms with van der Waals surface area (Å²) in [6.45, 7) is 1.78. The average molecular weight is 321 g/mol. The molecule has 19 heavy (non-hydrogen) atoms. The SMILES string of the molecule is Cc1cc(C(Br)C2Cc3ccccc3O2)ccc1F. The van der Waals surface area contributed by atoms with E-state index in [1.54, 1.807) is 6.92 Å². The van der Waals surface area contributed by atoms with Gasteiger partial charge in [0.2, 0.25) is 0 Å². The number of benzene rings is 2. The number of fused-ring (bicyclic) bond motifs is 1. The Bertz CT molecular complexity index is 586. The van der Waals surface area contributed by atoms with Crippen LogP contribution in [0.3, 0.4) is 0 Å². The highest BCUT2D eigenvalue weighted by Gasteiger charge is 2.29. The monoisotopic (exact) mass is 320 g/mol. The van der Waals surface area contributed by atoms with Gasteiger partial charge in [0.25, 0.3) is 0 Å². The topological polar surface area (TPSA) is 9.23 Å². The lowest BCUT2D eigenvalue weighted by atomic mass is 10.0. The van der Waals surface area contributed by atoms with Crippen molar-refractivity contribution in [2.75, 3.05) is 0 Å². The van der Waals surface area contributed by atoms with Crippen molar-refractivity contribution in [3.63, 3.8) is 0 Å². The third-order valence-electron chi connectivity index (χ3n) is 3.50. The minimum atomic E-state index is -0.168. The van der Waals surface area contributed by atoms with Crippen molar-refractivity contribution in [3.05, 3.63) is 65.0 Å². The van der Waals surface area contributed by atoms with Gasteiger partial charge in [-0.3, -0.25) is 0 Å². The second-order valence-corrected chi connectivity index (χ2v) is 5.87. The van der Waals surface area contributed by atoms with Gasteiger partial charge >= 0.3 is 0 Å². The maximum absolute atomic E-state index is 13.3. The van der Waals surface area contributed by atoms with E-state index in [-0.39, 0.29) is 16.7 Å². The van der Waals surface area contributed by atoms with E-state index in [9.17, 15) is 4.39 Å². The van der Waals surface area contributed by atoms with E-state index in [1.807, 2.05) is 30.3 Å². The standard InChI is InChI=1S/C16H14BrFO/c1-10-8-12(6-7-13(10)18)16(17)15-9-11-4-2-3-5-14(11)19-15/h2-8,15-16H,9H2,1H3. The van der Waals surface area contributed by atoms with E-state index in [0.29, 0.717) is 5.56 Å². The molecule has 1 aliphatic heterocycles. The van der Waals surface area contributed by atoms with Gasteiger partial charge in [0.1, 0.15) is 17.7 Å². The van der Waals surface area contributed by atoms with Gasteiger partial charge in [0.05, 0.1) is 4.83 Å². The first-order chi connectivity index (χ1) is 9.15. The molecule has 0 aliphatic carbocycles. The fourth-order valence-corrected chi connectivity index (χ4v) is 3.01. The second-order valence-electron chi connectivity index (χ2n) is 4.88. The summed E-state index contributed by atoms with van der Waals surface area (Å²) < 4.78 is 19.3. The number of para-hydroxylation sites is 1. The third kappa shape index (κ3) is 2.39. The molecule has 0 bridgehead atoms. The molecule has 98 valence electrons. The highest BCUT2D eigenvalue weighted by atomic mass is 79.9. The van der Waals surface area contributed by atoms with Crippen LogP contribution in [0.2, 0.25) is 0 Å². The first-order valence-corrected chi connectivity index (χ1v) is 7.21. The molecule has 0 aromatic heterocycles. The number of alkyl halides is 1. The van der Waals surface area contributed by atoms with Crippen molar-refractivity contribution in [2.24, 2.45) is 0 Å². The van der Waals surface area contributed by atoms with Crippen molar-refractivity contribution < 1.29 is 9.13 Å². The summed E-state index contributed by atoms with van der Waals surface area (Å²) in [6.07, 6.45) is 0.935. The van der Waals surface area contributed by atoms with Crippen LogP contribution < -0.4 is 4.74 Å². The van der Waals surface area contributed by atoms with Gasteiger partial charge in [0, 0.05) is 6.42 Å². The highest BCUT2D eigenvalue weighted by Crippen LogP contribution is 2.38. The predicted molar refractivity (Wildman–Crippen MR) is 77.4 cm³/mol. The molecule has 0 amide bonds. The van der Waals surface area contributed by atoms with Crippen molar-refractivity contribution in [1.29, 1.82) is 0 Å². The Balaban J connectivity index is 1.82. The lowest BCUT2D eigenvalue weighted by Gasteiger charge is -2.18. The Kier molecular flexibility index (Phi) is 3.31. The summed E-state index contributed by atoms with van der Waals surface area (Å²) in [5.41, 5.74) is 2.95. The molecule has 1 heterocycles. The Labute approximate surface area is 120 Å². The number of halogens is 2. The lowest BCUT2D eigenvalue weighted by Crippen LogP contribution is -2.19. The van der Waals surface area contributed by atoms with E-state index in [2.05, 4.69) is 22.0 Å². The summed E-state index contributed by atoms with van der Waals surface area (Å²) in [5.74, 6) is 0.787. The predicted octanol–water partition coefficient (Wildman–Crippen LogP) is 4.57. The quantitative estimate of drug-likeness (QED) is 0.736. The molecule has 0 radical (unpaired) electrons. The van der Waals surface area contributed by atoms with E-state index < -0.39 is 0 Å². The Morgan fingerprint density at radius 1 is 1.26 bits per heavy atom. The minimum Gasteiger partial charge on any atom is -0.488 e. The largest absolute Gasteiger partial charge is 0.488 e. The van der Waals surface area contributed by atoms with Crippen LogP contribution in [-0.2, 0) is 6.42 Å². The lowest BCUT2D eigenvalue weighted by molar-refractivity contribution is 0.232. The Morgan fingerprint density at radius 3 is 2.79 bits per heavy atom. The van der Waals surface area contributed by atoms with E-state index >= 15 is 0 Å². The summed E-state index contributed by atoms with van der Waals surface area (Å²) >= 11 is 3.68. The van der Waals surface area contributed by atoms with E-state index in [1.165, 1.54) is 11.6 Å². The van der Waals surface area contributed by atoms with Gasteiger partial charge in [-0.1, -0.05) is 46.3 Å². The van der Waals surface area contributed by atoms with Crippen LogP contribution in [0.15, 0.2) is 42.5 Å². The number of rotatable bonds is 2. The van der Waals surface area contributed by atoms with Gasteiger partial charge in [-0.15, -0.1) is 0 Å². The van der Waals surface area contributed by atoms with Crippen LogP contribution in [0.1, 0.15) is 21.5 Å². The molecule has 2 unspecified atom stereocenters. The maximum atomic E-state index is 13.3.